The smallest absolute Gasteiger partial charge is 0.127 e. The molecule has 0 amide bonds. The van der Waals surface area contributed by atoms with E-state index < -0.39 is 0 Å². The van der Waals surface area contributed by atoms with Crippen LogP contribution in [0.3, 0.4) is 0 Å². The maximum absolute atomic E-state index is 13.8. The average Bonchev–Trinajstić information content (AvgIpc) is 2.45. The van der Waals surface area contributed by atoms with E-state index in [1.54, 1.807) is 12.1 Å². The summed E-state index contributed by atoms with van der Waals surface area (Å²) in [5.41, 5.74) is 6.82. The number of nitrogens with zero attached hydrogens (tertiary/aromatic N) is 1. The fourth-order valence-electron chi connectivity index (χ4n) is 2.93. The summed E-state index contributed by atoms with van der Waals surface area (Å²) in [4.78, 5) is 2.52. The van der Waals surface area contributed by atoms with E-state index in [2.05, 4.69) is 32.6 Å². The zero-order valence-electron chi connectivity index (χ0n) is 14.0. The molecule has 0 heterocycles. The number of hydrogen-bond donors (Lipinski definition) is 1. The van der Waals surface area contributed by atoms with Crippen LogP contribution in [0.15, 0.2) is 24.3 Å². The molecule has 0 saturated carbocycles. The number of nitrogens with two attached hydrogens (primary N) is 1. The van der Waals surface area contributed by atoms with Crippen molar-refractivity contribution in [3.63, 3.8) is 0 Å². The highest BCUT2D eigenvalue weighted by molar-refractivity contribution is 5.20. The summed E-state index contributed by atoms with van der Waals surface area (Å²) < 4.78 is 13.8. The predicted molar refractivity (Wildman–Crippen MR) is 88.7 cm³/mol. The Bertz CT molecular complexity index is 402. The van der Waals surface area contributed by atoms with E-state index in [9.17, 15) is 4.39 Å². The van der Waals surface area contributed by atoms with Crippen molar-refractivity contribution in [1.29, 1.82) is 0 Å². The number of hydrogen-bond acceptors (Lipinski definition) is 2. The van der Waals surface area contributed by atoms with Crippen molar-refractivity contribution in [1.82, 2.24) is 4.90 Å². The monoisotopic (exact) mass is 294 g/mol. The molecule has 0 bridgehead atoms. The van der Waals surface area contributed by atoms with Crippen LogP contribution in [0.25, 0.3) is 0 Å². The summed E-state index contributed by atoms with van der Waals surface area (Å²) in [5, 5.41) is 0. The molecule has 21 heavy (non-hydrogen) atoms. The van der Waals surface area contributed by atoms with E-state index in [4.69, 9.17) is 5.73 Å². The van der Waals surface area contributed by atoms with Gasteiger partial charge >= 0.3 is 0 Å². The molecule has 2 nitrogen and oxygen atoms in total. The molecule has 0 aliphatic heterocycles. The molecule has 3 heteroatoms. The third-order valence-corrected chi connectivity index (χ3v) is 4.09. The minimum atomic E-state index is -0.227. The maximum atomic E-state index is 13.8. The third kappa shape index (κ3) is 5.76. The molecule has 2 N–H and O–H groups in total. The van der Waals surface area contributed by atoms with Crippen LogP contribution in [0.1, 0.15) is 58.6 Å². The van der Waals surface area contributed by atoms with Crippen LogP contribution < -0.4 is 5.73 Å². The van der Waals surface area contributed by atoms with Crippen LogP contribution in [0.4, 0.5) is 4.39 Å². The van der Waals surface area contributed by atoms with E-state index in [1.807, 2.05) is 6.07 Å². The highest BCUT2D eigenvalue weighted by Crippen LogP contribution is 2.20. The molecular weight excluding hydrogens is 263 g/mol. The zero-order chi connectivity index (χ0) is 15.8. The van der Waals surface area contributed by atoms with Gasteiger partial charge in [-0.1, -0.05) is 45.9 Å². The molecule has 1 aromatic carbocycles. The molecule has 0 fully saturated rings. The van der Waals surface area contributed by atoms with Gasteiger partial charge in [0.2, 0.25) is 0 Å². The Balaban J connectivity index is 2.65. The highest BCUT2D eigenvalue weighted by atomic mass is 19.1. The van der Waals surface area contributed by atoms with Gasteiger partial charge in [-0.15, -0.1) is 0 Å². The third-order valence-electron chi connectivity index (χ3n) is 4.09. The predicted octanol–water partition coefficient (Wildman–Crippen LogP) is 4.36. The van der Waals surface area contributed by atoms with Crippen molar-refractivity contribution in [2.75, 3.05) is 13.1 Å². The Labute approximate surface area is 129 Å². The van der Waals surface area contributed by atoms with Gasteiger partial charge in [0.15, 0.2) is 0 Å². The van der Waals surface area contributed by atoms with Crippen LogP contribution in [0, 0.1) is 11.7 Å². The summed E-state index contributed by atoms with van der Waals surface area (Å²) >= 11 is 0. The lowest BCUT2D eigenvalue weighted by atomic mass is 10.0. The van der Waals surface area contributed by atoms with Crippen molar-refractivity contribution in [3.05, 3.63) is 35.6 Å². The first-order chi connectivity index (χ1) is 9.99. The molecule has 1 aromatic rings. The summed E-state index contributed by atoms with van der Waals surface area (Å²) in [6.45, 7) is 11.0. The largest absolute Gasteiger partial charge is 0.324 e. The van der Waals surface area contributed by atoms with Crippen molar-refractivity contribution in [3.8, 4) is 0 Å². The Hall–Kier alpha value is -0.930. The molecule has 0 radical (unpaired) electrons. The molecule has 0 aliphatic rings. The first-order valence-electron chi connectivity index (χ1n) is 8.23. The van der Waals surface area contributed by atoms with Gasteiger partial charge in [-0.2, -0.15) is 0 Å². The van der Waals surface area contributed by atoms with Gasteiger partial charge in [0, 0.05) is 30.7 Å². The average molecular weight is 294 g/mol. The lowest BCUT2D eigenvalue weighted by Crippen LogP contribution is -2.39. The van der Waals surface area contributed by atoms with Crippen LogP contribution in [-0.4, -0.2) is 24.0 Å². The molecular formula is C18H31FN2. The van der Waals surface area contributed by atoms with Crippen LogP contribution in [0.2, 0.25) is 0 Å². The van der Waals surface area contributed by atoms with Gasteiger partial charge < -0.3 is 10.6 Å². The molecule has 120 valence electrons. The van der Waals surface area contributed by atoms with E-state index in [-0.39, 0.29) is 11.9 Å². The topological polar surface area (TPSA) is 29.3 Å². The summed E-state index contributed by atoms with van der Waals surface area (Å²) in [5.74, 6) is 0.443. The first-order valence-corrected chi connectivity index (χ1v) is 8.23. The standard InChI is InChI=1S/C18H31FN2/c1-5-15(6-2)21(13-14(3)4)12-11-18(20)16-9-7-8-10-17(16)19/h7-10,14-15,18H,5-6,11-13,20H2,1-4H3. The second-order valence-electron chi connectivity index (χ2n) is 6.28. The van der Waals surface area contributed by atoms with E-state index >= 15 is 0 Å². The fraction of sp³-hybridized carbons (Fsp3) is 0.667. The molecule has 0 aromatic heterocycles. The summed E-state index contributed by atoms with van der Waals surface area (Å²) in [6, 6.07) is 7.22. The van der Waals surface area contributed by atoms with Crippen molar-refractivity contribution in [2.24, 2.45) is 11.7 Å². The Kier molecular flexibility index (Phi) is 7.91. The van der Waals surface area contributed by atoms with E-state index in [0.29, 0.717) is 17.5 Å². The zero-order valence-corrected chi connectivity index (χ0v) is 14.0. The molecule has 1 unspecified atom stereocenters. The van der Waals surface area contributed by atoms with Crippen LogP contribution in [0.5, 0.6) is 0 Å². The minimum absolute atomic E-state index is 0.192. The normalized spacial score (nSPS) is 13.4. The van der Waals surface area contributed by atoms with Crippen LogP contribution in [-0.2, 0) is 0 Å². The van der Waals surface area contributed by atoms with Crippen LogP contribution >= 0.6 is 0 Å². The van der Waals surface area contributed by atoms with E-state index in [0.717, 1.165) is 32.4 Å². The second-order valence-corrected chi connectivity index (χ2v) is 6.28. The van der Waals surface area contributed by atoms with Crippen molar-refractivity contribution in [2.45, 2.75) is 59.0 Å². The quantitative estimate of drug-likeness (QED) is 0.733. The lowest BCUT2D eigenvalue weighted by Gasteiger charge is -2.32. The van der Waals surface area contributed by atoms with Gasteiger partial charge in [0.05, 0.1) is 0 Å². The number of rotatable bonds is 9. The Morgan fingerprint density at radius 2 is 1.76 bits per heavy atom. The molecule has 0 aliphatic carbocycles. The van der Waals surface area contributed by atoms with Gasteiger partial charge in [0.25, 0.3) is 0 Å². The van der Waals surface area contributed by atoms with Gasteiger partial charge in [-0.05, 0) is 31.2 Å². The highest BCUT2D eigenvalue weighted by Gasteiger charge is 2.18. The molecule has 1 rings (SSSR count). The number of benzene rings is 1. The first kappa shape index (κ1) is 18.1. The molecule has 0 spiro atoms. The Morgan fingerprint density at radius 1 is 1.14 bits per heavy atom. The van der Waals surface area contributed by atoms with Crippen molar-refractivity contribution >= 4 is 0 Å². The minimum Gasteiger partial charge on any atom is -0.324 e. The van der Waals surface area contributed by atoms with Gasteiger partial charge in [-0.25, -0.2) is 4.39 Å². The lowest BCUT2D eigenvalue weighted by molar-refractivity contribution is 0.160. The summed E-state index contributed by atoms with van der Waals surface area (Å²) in [7, 11) is 0. The molecule has 0 saturated heterocycles. The number of halogens is 1. The van der Waals surface area contributed by atoms with Crippen molar-refractivity contribution < 1.29 is 4.39 Å². The van der Waals surface area contributed by atoms with E-state index in [1.165, 1.54) is 6.07 Å². The molecule has 1 atom stereocenters. The summed E-state index contributed by atoms with van der Waals surface area (Å²) in [6.07, 6.45) is 3.10. The second kappa shape index (κ2) is 9.16. The maximum Gasteiger partial charge on any atom is 0.127 e. The Morgan fingerprint density at radius 3 is 2.29 bits per heavy atom. The van der Waals surface area contributed by atoms with Gasteiger partial charge in [0.1, 0.15) is 5.82 Å². The SMILES string of the molecule is CCC(CC)N(CCC(N)c1ccccc1F)CC(C)C. The fourth-order valence-corrected chi connectivity index (χ4v) is 2.93. The van der Waals surface area contributed by atoms with Gasteiger partial charge in [-0.3, -0.25) is 0 Å².